The molecule has 3 nitrogen and oxygen atoms in total. The summed E-state index contributed by atoms with van der Waals surface area (Å²) in [7, 11) is -3.10. The lowest BCUT2D eigenvalue weighted by atomic mass is 9.71. The number of hydrogen-bond acceptors (Lipinski definition) is 3. The highest BCUT2D eigenvalue weighted by Gasteiger charge is 2.51. The van der Waals surface area contributed by atoms with Gasteiger partial charge in [-0.2, -0.15) is 0 Å². The van der Waals surface area contributed by atoms with Gasteiger partial charge in [-0.15, -0.1) is 0 Å². The average molecular weight is 310 g/mol. The molecule has 1 aliphatic rings. The fourth-order valence-corrected chi connectivity index (χ4v) is 4.82. The molecule has 4 heteroatoms. The summed E-state index contributed by atoms with van der Waals surface area (Å²) in [5, 5.41) is 0. The van der Waals surface area contributed by atoms with E-state index in [1.807, 2.05) is 24.3 Å². The molecule has 1 aromatic rings. The molecular formula is C17H26O3S. The van der Waals surface area contributed by atoms with Gasteiger partial charge in [0.05, 0.1) is 11.4 Å². The quantitative estimate of drug-likeness (QED) is 0.803. The topological polar surface area (TPSA) is 43.4 Å². The third-order valence-corrected chi connectivity index (χ3v) is 6.40. The molecule has 0 heterocycles. The van der Waals surface area contributed by atoms with Crippen LogP contribution in [0.4, 0.5) is 0 Å². The number of rotatable bonds is 6. The van der Waals surface area contributed by atoms with Gasteiger partial charge >= 0.3 is 0 Å². The molecule has 0 aliphatic heterocycles. The lowest BCUT2D eigenvalue weighted by Gasteiger charge is -2.45. The molecular weight excluding hydrogens is 284 g/mol. The van der Waals surface area contributed by atoms with Crippen LogP contribution in [-0.4, -0.2) is 21.3 Å². The largest absolute Gasteiger partial charge is 0.494 e. The number of benzene rings is 1. The van der Waals surface area contributed by atoms with Crippen LogP contribution in [-0.2, 0) is 14.6 Å². The molecule has 0 saturated heterocycles. The molecule has 0 radical (unpaired) electrons. The van der Waals surface area contributed by atoms with Gasteiger partial charge in [-0.3, -0.25) is 0 Å². The second-order valence-corrected chi connectivity index (χ2v) is 9.16. The van der Waals surface area contributed by atoms with E-state index >= 15 is 0 Å². The summed E-state index contributed by atoms with van der Waals surface area (Å²) in [6.07, 6.45) is 3.82. The van der Waals surface area contributed by atoms with Crippen LogP contribution in [0.3, 0.4) is 0 Å². The van der Waals surface area contributed by atoms with Crippen LogP contribution in [0.25, 0.3) is 0 Å². The van der Waals surface area contributed by atoms with Crippen molar-refractivity contribution in [3.63, 3.8) is 0 Å². The van der Waals surface area contributed by atoms with Crippen molar-refractivity contribution < 1.29 is 13.2 Å². The fraction of sp³-hybridized carbons (Fsp3) is 0.647. The van der Waals surface area contributed by atoms with Crippen LogP contribution in [0.15, 0.2) is 24.3 Å². The number of ether oxygens (including phenoxy) is 1. The predicted octanol–water partition coefficient (Wildman–Crippen LogP) is 3.78. The standard InChI is InChI=1S/C17H26O3S/c1-13(2)9-10-20-16-7-5-15(6-8-16)17(21(4,18)19)11-14(3)12-17/h5-8,13-14H,9-12H2,1-4H3. The van der Waals surface area contributed by atoms with Gasteiger partial charge in [-0.05, 0) is 48.8 Å². The predicted molar refractivity (Wildman–Crippen MR) is 86.3 cm³/mol. The highest BCUT2D eigenvalue weighted by molar-refractivity contribution is 7.91. The van der Waals surface area contributed by atoms with Gasteiger partial charge in [0.15, 0.2) is 9.84 Å². The Hall–Kier alpha value is -1.03. The molecule has 0 spiro atoms. The van der Waals surface area contributed by atoms with Gasteiger partial charge in [-0.1, -0.05) is 32.9 Å². The van der Waals surface area contributed by atoms with Crippen molar-refractivity contribution in [1.29, 1.82) is 0 Å². The first-order valence-electron chi connectivity index (χ1n) is 7.67. The molecule has 1 saturated carbocycles. The SMILES string of the molecule is CC(C)CCOc1ccc(C2(S(C)(=O)=O)CC(C)C2)cc1. The highest BCUT2D eigenvalue weighted by atomic mass is 32.2. The minimum Gasteiger partial charge on any atom is -0.494 e. The Morgan fingerprint density at radius 1 is 1.24 bits per heavy atom. The maximum atomic E-state index is 12.2. The summed E-state index contributed by atoms with van der Waals surface area (Å²) in [4.78, 5) is 0. The molecule has 0 N–H and O–H groups in total. The maximum Gasteiger partial charge on any atom is 0.157 e. The fourth-order valence-electron chi connectivity index (χ4n) is 3.09. The van der Waals surface area contributed by atoms with Crippen LogP contribution in [0, 0.1) is 11.8 Å². The molecule has 1 fully saturated rings. The Morgan fingerprint density at radius 3 is 2.24 bits per heavy atom. The van der Waals surface area contributed by atoms with Crippen LogP contribution < -0.4 is 4.74 Å². The minimum atomic E-state index is -3.10. The summed E-state index contributed by atoms with van der Waals surface area (Å²) in [5.41, 5.74) is 0.902. The third-order valence-electron chi connectivity index (χ3n) is 4.41. The van der Waals surface area contributed by atoms with E-state index in [0.29, 0.717) is 18.4 Å². The second-order valence-electron chi connectivity index (χ2n) is 6.84. The molecule has 118 valence electrons. The van der Waals surface area contributed by atoms with Crippen molar-refractivity contribution in [1.82, 2.24) is 0 Å². The summed E-state index contributed by atoms with van der Waals surface area (Å²) in [6.45, 7) is 7.14. The first kappa shape index (κ1) is 16.3. The van der Waals surface area contributed by atoms with E-state index in [-0.39, 0.29) is 0 Å². The van der Waals surface area contributed by atoms with E-state index in [4.69, 9.17) is 4.74 Å². The van der Waals surface area contributed by atoms with Crippen molar-refractivity contribution in [2.24, 2.45) is 11.8 Å². The van der Waals surface area contributed by atoms with Crippen LogP contribution in [0.5, 0.6) is 5.75 Å². The zero-order chi connectivity index (χ0) is 15.7. The van der Waals surface area contributed by atoms with Crippen molar-refractivity contribution in [3.05, 3.63) is 29.8 Å². The van der Waals surface area contributed by atoms with Crippen LogP contribution >= 0.6 is 0 Å². The van der Waals surface area contributed by atoms with Crippen LogP contribution in [0.1, 0.15) is 45.6 Å². The molecule has 1 aromatic carbocycles. The number of sulfone groups is 1. The Bertz CT molecular complexity index is 567. The Labute approximate surface area is 128 Å². The van der Waals surface area contributed by atoms with Crippen molar-refractivity contribution in [2.45, 2.75) is 44.8 Å². The molecule has 0 amide bonds. The summed E-state index contributed by atoms with van der Waals surface area (Å²) < 4.78 is 29.4. The lowest BCUT2D eigenvalue weighted by Crippen LogP contribution is -2.46. The highest BCUT2D eigenvalue weighted by Crippen LogP contribution is 2.51. The summed E-state index contributed by atoms with van der Waals surface area (Å²) in [6, 6.07) is 7.62. The maximum absolute atomic E-state index is 12.2. The van der Waals surface area contributed by atoms with E-state index in [9.17, 15) is 8.42 Å². The van der Waals surface area contributed by atoms with Crippen molar-refractivity contribution in [2.75, 3.05) is 12.9 Å². The van der Waals surface area contributed by atoms with Gasteiger partial charge in [0.2, 0.25) is 0 Å². The summed E-state index contributed by atoms with van der Waals surface area (Å²) >= 11 is 0. The van der Waals surface area contributed by atoms with E-state index in [2.05, 4.69) is 20.8 Å². The monoisotopic (exact) mass is 310 g/mol. The Kier molecular flexibility index (Phi) is 4.66. The third kappa shape index (κ3) is 3.42. The van der Waals surface area contributed by atoms with Crippen molar-refractivity contribution in [3.8, 4) is 5.75 Å². The molecule has 1 aliphatic carbocycles. The Morgan fingerprint density at radius 2 is 1.81 bits per heavy atom. The lowest BCUT2D eigenvalue weighted by molar-refractivity contribution is 0.238. The van der Waals surface area contributed by atoms with Gasteiger partial charge in [0, 0.05) is 6.26 Å². The molecule has 0 atom stereocenters. The minimum absolute atomic E-state index is 0.474. The molecule has 0 bridgehead atoms. The zero-order valence-corrected chi connectivity index (χ0v) is 14.2. The van der Waals surface area contributed by atoms with E-state index < -0.39 is 14.6 Å². The first-order valence-corrected chi connectivity index (χ1v) is 9.57. The molecule has 21 heavy (non-hydrogen) atoms. The van der Waals surface area contributed by atoms with E-state index in [1.54, 1.807) is 0 Å². The summed E-state index contributed by atoms with van der Waals surface area (Å²) in [5.74, 6) is 1.91. The average Bonchev–Trinajstić information content (AvgIpc) is 2.34. The smallest absolute Gasteiger partial charge is 0.157 e. The van der Waals surface area contributed by atoms with Gasteiger partial charge in [-0.25, -0.2) is 8.42 Å². The first-order chi connectivity index (χ1) is 9.74. The molecule has 2 rings (SSSR count). The normalized spacial score (nSPS) is 25.7. The molecule has 0 unspecified atom stereocenters. The van der Waals surface area contributed by atoms with Gasteiger partial charge in [0.25, 0.3) is 0 Å². The van der Waals surface area contributed by atoms with Crippen molar-refractivity contribution >= 4 is 9.84 Å². The van der Waals surface area contributed by atoms with Crippen LogP contribution in [0.2, 0.25) is 0 Å². The second kappa shape index (κ2) is 5.99. The number of hydrogen-bond donors (Lipinski definition) is 0. The van der Waals surface area contributed by atoms with Gasteiger partial charge < -0.3 is 4.74 Å². The van der Waals surface area contributed by atoms with E-state index in [0.717, 1.165) is 30.6 Å². The Balaban J connectivity index is 2.11. The van der Waals surface area contributed by atoms with Gasteiger partial charge in [0.1, 0.15) is 5.75 Å². The van der Waals surface area contributed by atoms with E-state index in [1.165, 1.54) is 6.26 Å². The molecule has 0 aromatic heterocycles. The zero-order valence-electron chi connectivity index (χ0n) is 13.4.